The number of carbonyl (C=O) groups is 1. The zero-order chi connectivity index (χ0) is 27.5. The molecule has 0 spiro atoms. The molecular formula is C34H49N2O2S+. The molecule has 0 fully saturated rings. The highest BCUT2D eigenvalue weighted by atomic mass is 32.1. The van der Waals surface area contributed by atoms with Crippen LogP contribution < -0.4 is 14.2 Å². The third-order valence-electron chi connectivity index (χ3n) is 7.31. The van der Waals surface area contributed by atoms with Crippen LogP contribution in [0.15, 0.2) is 65.6 Å². The van der Waals surface area contributed by atoms with Gasteiger partial charge in [-0.15, -0.1) is 0 Å². The van der Waals surface area contributed by atoms with Gasteiger partial charge in [-0.2, -0.15) is 4.57 Å². The van der Waals surface area contributed by atoms with Gasteiger partial charge in [0.2, 0.25) is 11.4 Å². The van der Waals surface area contributed by atoms with Crippen LogP contribution in [0.4, 0.5) is 5.69 Å². The van der Waals surface area contributed by atoms with E-state index in [0.717, 1.165) is 37.4 Å². The quantitative estimate of drug-likeness (QED) is 0.104. The monoisotopic (exact) mass is 549 g/mol. The second kappa shape index (κ2) is 18.6. The lowest BCUT2D eigenvalue weighted by molar-refractivity contribution is -0.683. The van der Waals surface area contributed by atoms with Crippen LogP contribution in [0.3, 0.4) is 0 Å². The van der Waals surface area contributed by atoms with Gasteiger partial charge in [0.05, 0.1) is 12.0 Å². The van der Waals surface area contributed by atoms with E-state index in [-0.39, 0.29) is 5.91 Å². The summed E-state index contributed by atoms with van der Waals surface area (Å²) < 4.78 is 8.13. The molecular weight excluding hydrogens is 500 g/mol. The first-order chi connectivity index (χ1) is 19.2. The van der Waals surface area contributed by atoms with E-state index in [1.54, 1.807) is 18.3 Å². The minimum absolute atomic E-state index is 0.0673. The summed E-state index contributed by atoms with van der Waals surface area (Å²) in [6.07, 6.45) is 19.1. The number of unbranched alkanes of at least 4 members (excludes halogenated alkanes) is 11. The number of hydrogen-bond acceptors (Lipinski definition) is 3. The van der Waals surface area contributed by atoms with Gasteiger partial charge in [-0.05, 0) is 42.7 Å². The SMILES string of the molecule is CCCCCCCCCCCCCCOc1ccc(CCN(C(C)=O)c2cccc(C[n+]3ccsc3)c2)cc1. The number of ether oxygens (including phenoxy) is 1. The molecule has 1 heterocycles. The molecule has 39 heavy (non-hydrogen) atoms. The molecule has 0 aliphatic carbocycles. The van der Waals surface area contributed by atoms with Crippen molar-refractivity contribution in [3.63, 3.8) is 0 Å². The molecule has 3 rings (SSSR count). The van der Waals surface area contributed by atoms with Crippen molar-refractivity contribution in [3.05, 3.63) is 76.7 Å². The summed E-state index contributed by atoms with van der Waals surface area (Å²) in [5.74, 6) is 1.00. The molecule has 0 saturated carbocycles. The summed E-state index contributed by atoms with van der Waals surface area (Å²) in [5.41, 5.74) is 5.46. The van der Waals surface area contributed by atoms with Gasteiger partial charge in [-0.25, -0.2) is 0 Å². The van der Waals surface area contributed by atoms with Crippen molar-refractivity contribution in [2.45, 2.75) is 104 Å². The molecule has 1 amide bonds. The Balaban J connectivity index is 1.31. The normalized spacial score (nSPS) is 11.0. The van der Waals surface area contributed by atoms with Crippen LogP contribution in [-0.4, -0.2) is 19.1 Å². The van der Waals surface area contributed by atoms with Gasteiger partial charge in [0.15, 0.2) is 12.7 Å². The Morgan fingerprint density at radius 3 is 2.13 bits per heavy atom. The smallest absolute Gasteiger partial charge is 0.224 e. The number of hydrogen-bond donors (Lipinski definition) is 0. The molecule has 0 saturated heterocycles. The Hall–Kier alpha value is -2.66. The molecule has 0 radical (unpaired) electrons. The number of benzene rings is 2. The van der Waals surface area contributed by atoms with Crippen molar-refractivity contribution >= 4 is 22.9 Å². The van der Waals surface area contributed by atoms with Gasteiger partial charge >= 0.3 is 0 Å². The predicted molar refractivity (Wildman–Crippen MR) is 165 cm³/mol. The van der Waals surface area contributed by atoms with Crippen molar-refractivity contribution in [1.29, 1.82) is 0 Å². The minimum Gasteiger partial charge on any atom is -0.494 e. The first-order valence-corrected chi connectivity index (χ1v) is 16.1. The van der Waals surface area contributed by atoms with E-state index in [0.29, 0.717) is 6.54 Å². The molecule has 2 aromatic carbocycles. The lowest BCUT2D eigenvalue weighted by Gasteiger charge is -2.22. The van der Waals surface area contributed by atoms with Crippen LogP contribution in [0.25, 0.3) is 0 Å². The molecule has 0 aliphatic heterocycles. The highest BCUT2D eigenvalue weighted by molar-refractivity contribution is 7.07. The van der Waals surface area contributed by atoms with Crippen LogP contribution in [0.2, 0.25) is 0 Å². The lowest BCUT2D eigenvalue weighted by Crippen LogP contribution is -2.32. The molecule has 4 nitrogen and oxygen atoms in total. The van der Waals surface area contributed by atoms with E-state index in [4.69, 9.17) is 4.74 Å². The van der Waals surface area contributed by atoms with Gasteiger partial charge in [0.1, 0.15) is 5.75 Å². The Morgan fingerprint density at radius 2 is 1.51 bits per heavy atom. The Morgan fingerprint density at radius 1 is 0.846 bits per heavy atom. The fraction of sp³-hybridized carbons (Fsp3) is 0.529. The first kappa shape index (κ1) is 30.9. The summed E-state index contributed by atoms with van der Waals surface area (Å²) in [5, 5.41) is 2.07. The van der Waals surface area contributed by atoms with Crippen molar-refractivity contribution in [1.82, 2.24) is 0 Å². The molecule has 212 valence electrons. The number of thiazole rings is 1. The Labute approximate surface area is 241 Å². The van der Waals surface area contributed by atoms with Crippen LogP contribution in [0, 0.1) is 0 Å². The highest BCUT2D eigenvalue weighted by Crippen LogP contribution is 2.19. The molecule has 0 N–H and O–H groups in total. The summed E-state index contributed by atoms with van der Waals surface area (Å²) in [6, 6.07) is 16.7. The molecule has 5 heteroatoms. The topological polar surface area (TPSA) is 33.4 Å². The number of amides is 1. The molecule has 1 aromatic heterocycles. The summed E-state index contributed by atoms with van der Waals surface area (Å²) >= 11 is 1.68. The van der Waals surface area contributed by atoms with E-state index in [2.05, 4.69) is 65.0 Å². The summed E-state index contributed by atoms with van der Waals surface area (Å²) in [6.45, 7) is 6.18. The fourth-order valence-corrected chi connectivity index (χ4v) is 5.58. The zero-order valence-electron chi connectivity index (χ0n) is 24.3. The van der Waals surface area contributed by atoms with E-state index in [1.807, 2.05) is 17.0 Å². The molecule has 0 unspecified atom stereocenters. The van der Waals surface area contributed by atoms with Crippen LogP contribution in [-0.2, 0) is 17.8 Å². The van der Waals surface area contributed by atoms with Crippen molar-refractivity contribution in [3.8, 4) is 5.75 Å². The van der Waals surface area contributed by atoms with Crippen LogP contribution in [0.5, 0.6) is 5.75 Å². The molecule has 0 aliphatic rings. The van der Waals surface area contributed by atoms with Gasteiger partial charge in [-0.3, -0.25) is 4.79 Å². The largest absolute Gasteiger partial charge is 0.494 e. The third kappa shape index (κ3) is 12.4. The van der Waals surface area contributed by atoms with Gasteiger partial charge < -0.3 is 9.64 Å². The van der Waals surface area contributed by atoms with Crippen molar-refractivity contribution in [2.24, 2.45) is 0 Å². The fourth-order valence-electron chi connectivity index (χ4n) is 4.98. The molecule has 0 atom stereocenters. The van der Waals surface area contributed by atoms with Gasteiger partial charge in [0, 0.05) is 24.7 Å². The minimum atomic E-state index is 0.0673. The standard InChI is InChI=1S/C34H49N2O2S/c1-3-4-5-6-7-8-9-10-11-12-13-14-25-38-34-20-18-31(19-21-34)22-23-36(30(2)37)33-17-15-16-32(27-33)28-35-24-26-39-29-35/h15-21,24,26-27,29H,3-14,22-23,25,28H2,1-2H3/q+1. The number of nitrogens with zero attached hydrogens (tertiary/aromatic N) is 2. The average Bonchev–Trinajstić information content (AvgIpc) is 3.45. The molecule has 3 aromatic rings. The van der Waals surface area contributed by atoms with Crippen molar-refractivity contribution in [2.75, 3.05) is 18.1 Å². The second-order valence-electron chi connectivity index (χ2n) is 10.7. The maximum atomic E-state index is 12.5. The van der Waals surface area contributed by atoms with Gasteiger partial charge in [-0.1, -0.05) is 113 Å². The molecule has 0 bridgehead atoms. The predicted octanol–water partition coefficient (Wildman–Crippen LogP) is 8.76. The Bertz CT molecular complexity index is 1050. The number of carbonyl (C=O) groups excluding carboxylic acids is 1. The number of anilines is 1. The van der Waals surface area contributed by atoms with E-state index < -0.39 is 0 Å². The van der Waals surface area contributed by atoms with Crippen LogP contribution >= 0.6 is 11.3 Å². The lowest BCUT2D eigenvalue weighted by atomic mass is 10.1. The maximum absolute atomic E-state index is 12.5. The van der Waals surface area contributed by atoms with E-state index >= 15 is 0 Å². The number of aromatic nitrogens is 1. The summed E-state index contributed by atoms with van der Waals surface area (Å²) in [7, 11) is 0. The Kier molecular flexibility index (Phi) is 14.7. The highest BCUT2D eigenvalue weighted by Gasteiger charge is 2.13. The van der Waals surface area contributed by atoms with Crippen LogP contribution in [0.1, 0.15) is 102 Å². The summed E-state index contributed by atoms with van der Waals surface area (Å²) in [4.78, 5) is 14.3. The van der Waals surface area contributed by atoms with Crippen molar-refractivity contribution < 1.29 is 14.1 Å². The zero-order valence-corrected chi connectivity index (χ0v) is 25.1. The van der Waals surface area contributed by atoms with Gasteiger partial charge in [0.25, 0.3) is 0 Å². The second-order valence-corrected chi connectivity index (χ2v) is 11.4. The number of rotatable bonds is 20. The van der Waals surface area contributed by atoms with E-state index in [9.17, 15) is 4.79 Å². The first-order valence-electron chi connectivity index (χ1n) is 15.2. The average molecular weight is 550 g/mol. The van der Waals surface area contributed by atoms with E-state index in [1.165, 1.54) is 81.8 Å². The third-order valence-corrected chi connectivity index (χ3v) is 7.98. The maximum Gasteiger partial charge on any atom is 0.224 e.